The molecule has 0 radical (unpaired) electrons. The second-order valence-corrected chi connectivity index (χ2v) is 5.69. The van der Waals surface area contributed by atoms with Gasteiger partial charge in [0.25, 0.3) is 0 Å². The molecule has 3 rings (SSSR count). The van der Waals surface area contributed by atoms with Crippen molar-refractivity contribution in [2.24, 2.45) is 23.7 Å². The Morgan fingerprint density at radius 2 is 1.33 bits per heavy atom. The average molecular weight is 200 g/mol. The highest BCUT2D eigenvalue weighted by atomic mass is 14.5. The van der Waals surface area contributed by atoms with E-state index in [4.69, 9.17) is 0 Å². The van der Waals surface area contributed by atoms with Crippen LogP contribution in [0.25, 0.3) is 0 Å². The van der Waals surface area contributed by atoms with Gasteiger partial charge in [0.15, 0.2) is 0 Å². The molecule has 0 N–H and O–H groups in total. The summed E-state index contributed by atoms with van der Waals surface area (Å²) < 4.78 is 0. The Morgan fingerprint density at radius 1 is 0.867 bits per heavy atom. The van der Waals surface area contributed by atoms with Gasteiger partial charge in [-0.1, -0.05) is 38.1 Å². The van der Waals surface area contributed by atoms with E-state index in [-0.39, 0.29) is 0 Å². The number of benzene rings is 1. The van der Waals surface area contributed by atoms with Crippen LogP contribution in [-0.4, -0.2) is 0 Å². The number of hydrogen-bond acceptors (Lipinski definition) is 0. The van der Waals surface area contributed by atoms with Crippen LogP contribution in [0.3, 0.4) is 0 Å². The van der Waals surface area contributed by atoms with E-state index in [1.807, 2.05) is 0 Å². The first-order valence-corrected chi connectivity index (χ1v) is 6.32. The van der Waals surface area contributed by atoms with E-state index >= 15 is 0 Å². The Labute approximate surface area is 92.7 Å². The molecule has 1 fully saturated rings. The molecule has 0 heterocycles. The second kappa shape index (κ2) is 3.37. The zero-order valence-electron chi connectivity index (χ0n) is 9.74. The fraction of sp³-hybridized carbons (Fsp3) is 0.600. The lowest BCUT2D eigenvalue weighted by molar-refractivity contribution is 0.278. The molecule has 2 aliphatic carbocycles. The van der Waals surface area contributed by atoms with Gasteiger partial charge >= 0.3 is 0 Å². The van der Waals surface area contributed by atoms with Crippen LogP contribution in [0.1, 0.15) is 31.4 Å². The average Bonchev–Trinajstić information content (AvgIpc) is 2.52. The quantitative estimate of drug-likeness (QED) is 0.599. The van der Waals surface area contributed by atoms with Crippen LogP contribution in [0.4, 0.5) is 0 Å². The predicted molar refractivity (Wildman–Crippen MR) is 63.8 cm³/mol. The van der Waals surface area contributed by atoms with Crippen molar-refractivity contribution in [3.63, 3.8) is 0 Å². The van der Waals surface area contributed by atoms with Crippen LogP contribution >= 0.6 is 0 Å². The summed E-state index contributed by atoms with van der Waals surface area (Å²) in [5.74, 6) is 3.82. The molecule has 0 aromatic heterocycles. The first-order chi connectivity index (χ1) is 7.25. The van der Waals surface area contributed by atoms with Gasteiger partial charge in [0.05, 0.1) is 0 Å². The highest BCUT2D eigenvalue weighted by Crippen LogP contribution is 2.47. The summed E-state index contributed by atoms with van der Waals surface area (Å²) in [4.78, 5) is 0. The van der Waals surface area contributed by atoms with Crippen LogP contribution in [-0.2, 0) is 12.8 Å². The molecule has 0 amide bonds. The lowest BCUT2D eigenvalue weighted by Gasteiger charge is -2.31. The fourth-order valence-corrected chi connectivity index (χ4v) is 3.95. The van der Waals surface area contributed by atoms with Gasteiger partial charge in [0.1, 0.15) is 0 Å². The summed E-state index contributed by atoms with van der Waals surface area (Å²) in [5, 5.41) is 0. The summed E-state index contributed by atoms with van der Waals surface area (Å²) in [5.41, 5.74) is 3.25. The van der Waals surface area contributed by atoms with Crippen molar-refractivity contribution >= 4 is 0 Å². The first kappa shape index (κ1) is 9.45. The molecule has 1 saturated carbocycles. The Hall–Kier alpha value is -0.780. The van der Waals surface area contributed by atoms with Crippen molar-refractivity contribution in [2.45, 2.75) is 33.1 Å². The minimum absolute atomic E-state index is 0.943. The predicted octanol–water partition coefficient (Wildman–Crippen LogP) is 3.69. The molecule has 0 nitrogen and oxygen atoms in total. The van der Waals surface area contributed by atoms with Crippen molar-refractivity contribution < 1.29 is 0 Å². The molecular formula is C15H20. The monoisotopic (exact) mass is 200 g/mol. The van der Waals surface area contributed by atoms with Crippen molar-refractivity contribution in [3.8, 4) is 0 Å². The Balaban J connectivity index is 1.96. The second-order valence-electron chi connectivity index (χ2n) is 5.69. The molecule has 1 aromatic rings. The smallest absolute Gasteiger partial charge is 0.0242 e. The van der Waals surface area contributed by atoms with Crippen LogP contribution in [0.2, 0.25) is 0 Å². The summed E-state index contributed by atoms with van der Waals surface area (Å²) in [7, 11) is 0. The number of rotatable bonds is 0. The van der Waals surface area contributed by atoms with Gasteiger partial charge in [-0.15, -0.1) is 0 Å². The van der Waals surface area contributed by atoms with Gasteiger partial charge in [-0.25, -0.2) is 0 Å². The van der Waals surface area contributed by atoms with E-state index in [1.165, 1.54) is 19.3 Å². The zero-order valence-corrected chi connectivity index (χ0v) is 9.74. The topological polar surface area (TPSA) is 0 Å². The molecule has 0 bridgehead atoms. The summed E-state index contributed by atoms with van der Waals surface area (Å²) in [6.07, 6.45) is 4.13. The van der Waals surface area contributed by atoms with Crippen molar-refractivity contribution in [2.75, 3.05) is 0 Å². The van der Waals surface area contributed by atoms with E-state index in [9.17, 15) is 0 Å². The first-order valence-electron chi connectivity index (χ1n) is 6.32. The highest BCUT2D eigenvalue weighted by molar-refractivity contribution is 5.31. The third-order valence-electron chi connectivity index (χ3n) is 4.78. The van der Waals surface area contributed by atoms with E-state index in [0.29, 0.717) is 0 Å². The van der Waals surface area contributed by atoms with Crippen LogP contribution in [0, 0.1) is 23.7 Å². The Morgan fingerprint density at radius 3 is 1.80 bits per heavy atom. The van der Waals surface area contributed by atoms with Crippen molar-refractivity contribution in [1.29, 1.82) is 0 Å². The maximum atomic E-state index is 2.45. The molecule has 0 spiro atoms. The fourth-order valence-electron chi connectivity index (χ4n) is 3.95. The van der Waals surface area contributed by atoms with E-state index in [1.54, 1.807) is 11.1 Å². The molecule has 0 aliphatic heterocycles. The number of fused-ring (bicyclic) bond motifs is 2. The van der Waals surface area contributed by atoms with Gasteiger partial charge in [0.2, 0.25) is 0 Å². The normalized spacial score (nSPS) is 38.5. The maximum Gasteiger partial charge on any atom is -0.0242 e. The molecular weight excluding hydrogens is 180 g/mol. The van der Waals surface area contributed by atoms with Crippen molar-refractivity contribution in [3.05, 3.63) is 35.4 Å². The van der Waals surface area contributed by atoms with Gasteiger partial charge in [-0.2, -0.15) is 0 Å². The molecule has 0 saturated heterocycles. The van der Waals surface area contributed by atoms with E-state index in [2.05, 4.69) is 38.1 Å². The highest BCUT2D eigenvalue weighted by Gasteiger charge is 2.41. The van der Waals surface area contributed by atoms with Crippen LogP contribution in [0.5, 0.6) is 0 Å². The summed E-state index contributed by atoms with van der Waals surface area (Å²) in [6, 6.07) is 9.06. The van der Waals surface area contributed by atoms with E-state index in [0.717, 1.165) is 23.7 Å². The Kier molecular flexibility index (Phi) is 2.12. The van der Waals surface area contributed by atoms with Crippen LogP contribution < -0.4 is 0 Å². The minimum Gasteiger partial charge on any atom is -0.0622 e. The molecule has 80 valence electrons. The summed E-state index contributed by atoms with van der Waals surface area (Å²) in [6.45, 7) is 4.91. The Bertz CT molecular complexity index is 331. The SMILES string of the molecule is CC1CC(C)C2Cc3ccccc3CC12. The standard InChI is InChI=1S/C15H20/c1-10-7-11(2)15-9-13-6-4-3-5-12(13)8-14(10)15/h3-6,10-11,14-15H,7-9H2,1-2H3. The van der Waals surface area contributed by atoms with Gasteiger partial charge in [-0.3, -0.25) is 0 Å². The molecule has 4 atom stereocenters. The minimum atomic E-state index is 0.943. The molecule has 15 heavy (non-hydrogen) atoms. The molecule has 2 aliphatic rings. The third kappa shape index (κ3) is 1.42. The summed E-state index contributed by atoms with van der Waals surface area (Å²) >= 11 is 0. The van der Waals surface area contributed by atoms with Crippen LogP contribution in [0.15, 0.2) is 24.3 Å². The third-order valence-corrected chi connectivity index (χ3v) is 4.78. The molecule has 0 heteroatoms. The largest absolute Gasteiger partial charge is 0.0622 e. The zero-order chi connectivity index (χ0) is 10.4. The van der Waals surface area contributed by atoms with Gasteiger partial charge < -0.3 is 0 Å². The lowest BCUT2D eigenvalue weighted by Crippen LogP contribution is -2.26. The maximum absolute atomic E-state index is 2.45. The number of hydrogen-bond donors (Lipinski definition) is 0. The van der Waals surface area contributed by atoms with Gasteiger partial charge in [0, 0.05) is 0 Å². The molecule has 4 unspecified atom stereocenters. The lowest BCUT2D eigenvalue weighted by atomic mass is 9.74. The molecule has 1 aromatic carbocycles. The van der Waals surface area contributed by atoms with Crippen molar-refractivity contribution in [1.82, 2.24) is 0 Å². The van der Waals surface area contributed by atoms with E-state index < -0.39 is 0 Å². The van der Waals surface area contributed by atoms with Gasteiger partial charge in [-0.05, 0) is 54.1 Å².